The van der Waals surface area contributed by atoms with Crippen LogP contribution >= 0.6 is 0 Å². The van der Waals surface area contributed by atoms with Gasteiger partial charge in [0.15, 0.2) is 0 Å². The molecule has 0 spiro atoms. The fourth-order valence-electron chi connectivity index (χ4n) is 2.86. The zero-order valence-electron chi connectivity index (χ0n) is 15.4. The Balaban J connectivity index is 1.95. The van der Waals surface area contributed by atoms with E-state index in [0.29, 0.717) is 23.9 Å². The topological polar surface area (TPSA) is 69.0 Å². The number of benzene rings is 1. The molecule has 1 amide bonds. The second-order valence-electron chi connectivity index (χ2n) is 6.17. The smallest absolute Gasteiger partial charge is 0.262 e. The zero-order valence-corrected chi connectivity index (χ0v) is 15.4. The molecule has 134 valence electrons. The largest absolute Gasteiger partial charge is 0.477 e. The summed E-state index contributed by atoms with van der Waals surface area (Å²) in [6.45, 7) is 8.26. The number of nitrogens with one attached hydrogen (secondary N) is 1. The molecule has 0 aliphatic heterocycles. The first-order valence-electron chi connectivity index (χ1n) is 8.52. The highest BCUT2D eigenvalue weighted by atomic mass is 16.5. The molecule has 6 heteroatoms. The first-order valence-corrected chi connectivity index (χ1v) is 8.52. The summed E-state index contributed by atoms with van der Waals surface area (Å²) in [7, 11) is 0. The van der Waals surface area contributed by atoms with E-state index < -0.39 is 0 Å². The molecule has 1 N–H and O–H groups in total. The lowest BCUT2D eigenvalue weighted by atomic mass is 10.1. The average molecular weight is 350 g/mol. The Morgan fingerprint density at radius 2 is 1.88 bits per heavy atom. The van der Waals surface area contributed by atoms with Crippen molar-refractivity contribution >= 4 is 11.7 Å². The van der Waals surface area contributed by atoms with E-state index in [0.717, 1.165) is 22.5 Å². The molecule has 0 aliphatic rings. The molecule has 0 fully saturated rings. The summed E-state index contributed by atoms with van der Waals surface area (Å²) >= 11 is 0. The third-order valence-electron chi connectivity index (χ3n) is 3.82. The number of aromatic nitrogens is 3. The van der Waals surface area contributed by atoms with Crippen molar-refractivity contribution in [1.82, 2.24) is 14.8 Å². The lowest BCUT2D eigenvalue weighted by Gasteiger charge is -2.12. The summed E-state index contributed by atoms with van der Waals surface area (Å²) in [5.41, 5.74) is 4.38. The third-order valence-corrected chi connectivity index (χ3v) is 3.82. The molecule has 0 bridgehead atoms. The van der Waals surface area contributed by atoms with Gasteiger partial charge in [0.1, 0.15) is 11.4 Å². The van der Waals surface area contributed by atoms with Crippen molar-refractivity contribution in [3.05, 3.63) is 65.0 Å². The van der Waals surface area contributed by atoms with E-state index in [1.807, 2.05) is 45.9 Å². The summed E-state index contributed by atoms with van der Waals surface area (Å²) in [6, 6.07) is 11.4. The molecule has 0 radical (unpaired) electrons. The van der Waals surface area contributed by atoms with Gasteiger partial charge in [0.25, 0.3) is 5.91 Å². The van der Waals surface area contributed by atoms with Crippen LogP contribution in [0.15, 0.2) is 42.6 Å². The van der Waals surface area contributed by atoms with Crippen LogP contribution in [-0.2, 0) is 0 Å². The minimum Gasteiger partial charge on any atom is -0.477 e. The van der Waals surface area contributed by atoms with E-state index in [1.54, 1.807) is 23.0 Å². The molecule has 0 saturated carbocycles. The lowest BCUT2D eigenvalue weighted by molar-refractivity contribution is 0.102. The molecule has 6 nitrogen and oxygen atoms in total. The quantitative estimate of drug-likeness (QED) is 0.759. The summed E-state index contributed by atoms with van der Waals surface area (Å²) in [5.74, 6) is 0.637. The van der Waals surface area contributed by atoms with Gasteiger partial charge in [-0.1, -0.05) is 6.07 Å². The molecule has 0 unspecified atom stereocenters. The van der Waals surface area contributed by atoms with Crippen LogP contribution in [0.25, 0.3) is 5.69 Å². The van der Waals surface area contributed by atoms with Gasteiger partial charge in [0, 0.05) is 12.3 Å². The van der Waals surface area contributed by atoms with E-state index >= 15 is 0 Å². The van der Waals surface area contributed by atoms with Crippen molar-refractivity contribution in [2.75, 3.05) is 11.9 Å². The minimum atomic E-state index is -0.285. The van der Waals surface area contributed by atoms with Gasteiger partial charge in [-0.25, -0.2) is 9.67 Å². The molecule has 26 heavy (non-hydrogen) atoms. The molecular formula is C20H22N4O2. The molecule has 0 aliphatic carbocycles. The SMILES string of the molecule is CCOc1ncccc1C(=O)Nc1cc(C)nn1-c1cc(C)cc(C)c1. The van der Waals surface area contributed by atoms with Crippen LogP contribution in [0, 0.1) is 20.8 Å². The molecule has 2 heterocycles. The number of ether oxygens (including phenoxy) is 1. The molecular weight excluding hydrogens is 328 g/mol. The summed E-state index contributed by atoms with van der Waals surface area (Å²) < 4.78 is 7.19. The predicted molar refractivity (Wildman–Crippen MR) is 101 cm³/mol. The van der Waals surface area contributed by atoms with Crippen molar-refractivity contribution in [2.24, 2.45) is 0 Å². The van der Waals surface area contributed by atoms with Crippen molar-refractivity contribution in [3.8, 4) is 11.6 Å². The fraction of sp³-hybridized carbons (Fsp3) is 0.250. The normalized spacial score (nSPS) is 10.6. The van der Waals surface area contributed by atoms with E-state index in [9.17, 15) is 4.79 Å². The lowest BCUT2D eigenvalue weighted by Crippen LogP contribution is -2.17. The predicted octanol–water partition coefficient (Wildman–Crippen LogP) is 3.84. The number of rotatable bonds is 5. The van der Waals surface area contributed by atoms with Gasteiger partial charge in [-0.15, -0.1) is 0 Å². The number of pyridine rings is 1. The van der Waals surface area contributed by atoms with Crippen molar-refractivity contribution in [2.45, 2.75) is 27.7 Å². The van der Waals surface area contributed by atoms with Gasteiger partial charge in [-0.05, 0) is 63.1 Å². The number of anilines is 1. The Bertz CT molecular complexity index is 926. The molecule has 1 aromatic carbocycles. The zero-order chi connectivity index (χ0) is 18.7. The highest BCUT2D eigenvalue weighted by Gasteiger charge is 2.17. The second kappa shape index (κ2) is 7.39. The van der Waals surface area contributed by atoms with Crippen LogP contribution in [0.5, 0.6) is 5.88 Å². The first-order chi connectivity index (χ1) is 12.5. The second-order valence-corrected chi connectivity index (χ2v) is 6.17. The van der Waals surface area contributed by atoms with Crippen LogP contribution in [-0.4, -0.2) is 27.3 Å². The minimum absolute atomic E-state index is 0.285. The van der Waals surface area contributed by atoms with Gasteiger partial charge in [0.2, 0.25) is 5.88 Å². The Kier molecular flexibility index (Phi) is 5.02. The van der Waals surface area contributed by atoms with Crippen LogP contribution in [0.4, 0.5) is 5.82 Å². The number of carbonyl (C=O) groups excluding carboxylic acids is 1. The Labute approximate surface area is 152 Å². The van der Waals surface area contributed by atoms with Gasteiger partial charge >= 0.3 is 0 Å². The number of carbonyl (C=O) groups is 1. The van der Waals surface area contributed by atoms with E-state index in [-0.39, 0.29) is 5.91 Å². The van der Waals surface area contributed by atoms with Gasteiger partial charge in [0.05, 0.1) is 18.0 Å². The maximum atomic E-state index is 12.8. The summed E-state index contributed by atoms with van der Waals surface area (Å²) in [6.07, 6.45) is 1.60. The molecule has 0 atom stereocenters. The van der Waals surface area contributed by atoms with Crippen LogP contribution in [0.3, 0.4) is 0 Å². The number of hydrogen-bond acceptors (Lipinski definition) is 4. The Morgan fingerprint density at radius 1 is 1.15 bits per heavy atom. The standard InChI is InChI=1S/C20H22N4O2/c1-5-26-20-17(7-6-8-21-20)19(25)22-18-12-15(4)23-24(18)16-10-13(2)9-14(3)11-16/h6-12H,5H2,1-4H3,(H,22,25). The summed E-state index contributed by atoms with van der Waals surface area (Å²) in [5, 5.41) is 7.45. The Hall–Kier alpha value is -3.15. The fourth-order valence-corrected chi connectivity index (χ4v) is 2.86. The van der Waals surface area contributed by atoms with E-state index in [4.69, 9.17) is 4.74 Å². The third kappa shape index (κ3) is 3.74. The number of hydrogen-bond donors (Lipinski definition) is 1. The van der Waals surface area contributed by atoms with Crippen molar-refractivity contribution in [1.29, 1.82) is 0 Å². The Morgan fingerprint density at radius 3 is 2.58 bits per heavy atom. The number of nitrogens with zero attached hydrogens (tertiary/aromatic N) is 3. The van der Waals surface area contributed by atoms with Gasteiger partial charge < -0.3 is 10.1 Å². The first kappa shape index (κ1) is 17.7. The molecule has 3 rings (SSSR count). The maximum Gasteiger partial charge on any atom is 0.262 e. The molecule has 2 aromatic heterocycles. The van der Waals surface area contributed by atoms with Crippen LogP contribution in [0.2, 0.25) is 0 Å². The van der Waals surface area contributed by atoms with E-state index in [2.05, 4.69) is 21.5 Å². The average Bonchev–Trinajstić information content (AvgIpc) is 2.95. The highest BCUT2D eigenvalue weighted by Crippen LogP contribution is 2.22. The summed E-state index contributed by atoms with van der Waals surface area (Å²) in [4.78, 5) is 16.9. The van der Waals surface area contributed by atoms with E-state index in [1.165, 1.54) is 0 Å². The molecule has 0 saturated heterocycles. The number of aryl methyl sites for hydroxylation is 3. The highest BCUT2D eigenvalue weighted by molar-refractivity contribution is 6.05. The number of amides is 1. The van der Waals surface area contributed by atoms with Crippen LogP contribution in [0.1, 0.15) is 34.1 Å². The van der Waals surface area contributed by atoms with Gasteiger partial charge in [-0.2, -0.15) is 5.10 Å². The van der Waals surface area contributed by atoms with Crippen molar-refractivity contribution < 1.29 is 9.53 Å². The van der Waals surface area contributed by atoms with Crippen molar-refractivity contribution in [3.63, 3.8) is 0 Å². The van der Waals surface area contributed by atoms with Gasteiger partial charge in [-0.3, -0.25) is 4.79 Å². The maximum absolute atomic E-state index is 12.8. The van der Waals surface area contributed by atoms with Crippen LogP contribution < -0.4 is 10.1 Å². The molecule has 3 aromatic rings. The monoisotopic (exact) mass is 350 g/mol.